The van der Waals surface area contributed by atoms with Crippen LogP contribution in [-0.4, -0.2) is 49.1 Å². The number of fused-ring (bicyclic) bond motifs is 7. The number of carbonyl (C=O) groups is 2. The predicted molar refractivity (Wildman–Crippen MR) is 212 cm³/mol. The molecule has 5 unspecified atom stereocenters. The summed E-state index contributed by atoms with van der Waals surface area (Å²) in [5.41, 5.74) is 4.90. The molecule has 7 rings (SSSR count). The molecule has 0 spiro atoms. The summed E-state index contributed by atoms with van der Waals surface area (Å²) in [5, 5.41) is 10.3. The first-order valence-electron chi connectivity index (χ1n) is 19.6. The van der Waals surface area contributed by atoms with Crippen molar-refractivity contribution in [1.29, 1.82) is 0 Å². The summed E-state index contributed by atoms with van der Waals surface area (Å²) in [6, 6.07) is 22.0. The van der Waals surface area contributed by atoms with Crippen molar-refractivity contribution in [2.75, 3.05) is 20.3 Å². The number of methoxy groups -OCH3 is 1. The van der Waals surface area contributed by atoms with Crippen molar-refractivity contribution in [2.45, 2.75) is 102 Å². The van der Waals surface area contributed by atoms with E-state index in [4.69, 9.17) is 23.4 Å². The number of carbonyl (C=O) groups excluding carboxylic acids is 2. The standard InChI is InChI=1S/C47H50O9/c1-29(2)37-19-16-31-15-17-34-25-32(14-13-30-10-6-5-7-11-30)26-40(49)53-43-41-39(56-47(3,44(43)55-45(37)50)22-9-8-12-33(34)24-31)20-18-35-27-38(46(51)54-42(35)41)36(21-23-48)28-52-4/h5-7,10-11,15,17-18,20,24,27,32,36,43-44,48H,12-14,16,19,21-23,25-26,28H2,1-4H3. The van der Waals surface area contributed by atoms with Crippen LogP contribution in [0.5, 0.6) is 5.75 Å². The molecule has 0 aliphatic carbocycles. The Labute approximate surface area is 328 Å². The Morgan fingerprint density at radius 3 is 2.55 bits per heavy atom. The topological polar surface area (TPSA) is 122 Å². The molecule has 0 fully saturated rings. The first-order valence-corrected chi connectivity index (χ1v) is 19.6. The van der Waals surface area contributed by atoms with Gasteiger partial charge in [-0.25, -0.2) is 9.59 Å². The Hall–Kier alpha value is -5.17. The zero-order chi connectivity index (χ0) is 39.4. The third-order valence-electron chi connectivity index (χ3n) is 11.5. The summed E-state index contributed by atoms with van der Waals surface area (Å²) in [4.78, 5) is 42.5. The fourth-order valence-corrected chi connectivity index (χ4v) is 8.39. The van der Waals surface area contributed by atoms with Crippen LogP contribution in [-0.2, 0) is 49.5 Å². The van der Waals surface area contributed by atoms with Crippen molar-refractivity contribution in [1.82, 2.24) is 0 Å². The van der Waals surface area contributed by atoms with Crippen LogP contribution in [0.2, 0.25) is 0 Å². The molecule has 4 heterocycles. The van der Waals surface area contributed by atoms with E-state index in [0.29, 0.717) is 59.9 Å². The molecule has 1 N–H and O–H groups in total. The molecular weight excluding hydrogens is 709 g/mol. The molecule has 56 heavy (non-hydrogen) atoms. The highest BCUT2D eigenvalue weighted by atomic mass is 16.6. The van der Waals surface area contributed by atoms with E-state index in [1.165, 1.54) is 5.56 Å². The maximum absolute atomic E-state index is 14.5. The number of hydrogen-bond donors (Lipinski definition) is 1. The van der Waals surface area contributed by atoms with Crippen LogP contribution in [0.3, 0.4) is 0 Å². The summed E-state index contributed by atoms with van der Waals surface area (Å²) in [5.74, 6) is 5.62. The fourth-order valence-electron chi connectivity index (χ4n) is 8.39. The molecule has 5 bridgehead atoms. The molecule has 0 radical (unpaired) electrons. The van der Waals surface area contributed by atoms with Gasteiger partial charge in [0.2, 0.25) is 0 Å². The second-order valence-corrected chi connectivity index (χ2v) is 15.8. The lowest BCUT2D eigenvalue weighted by molar-refractivity contribution is -0.190. The minimum Gasteiger partial charge on any atom is -0.482 e. The van der Waals surface area contributed by atoms with Crippen LogP contribution < -0.4 is 10.4 Å². The highest BCUT2D eigenvalue weighted by Gasteiger charge is 2.53. The lowest BCUT2D eigenvalue weighted by Crippen LogP contribution is -2.54. The average Bonchev–Trinajstić information content (AvgIpc) is 3.17. The highest BCUT2D eigenvalue weighted by molar-refractivity contribution is 5.90. The zero-order valence-electron chi connectivity index (χ0n) is 32.7. The quantitative estimate of drug-likeness (QED) is 0.0836. The lowest BCUT2D eigenvalue weighted by atomic mass is 9.83. The second kappa shape index (κ2) is 16.9. The van der Waals surface area contributed by atoms with Gasteiger partial charge in [0.25, 0.3) is 0 Å². The van der Waals surface area contributed by atoms with Crippen LogP contribution >= 0.6 is 0 Å². The number of ether oxygens (including phenoxy) is 4. The number of hydrogen-bond acceptors (Lipinski definition) is 9. The lowest BCUT2D eigenvalue weighted by Gasteiger charge is -2.44. The molecule has 3 aliphatic rings. The Bertz CT molecular complexity index is 2250. The third kappa shape index (κ3) is 8.33. The van der Waals surface area contributed by atoms with Crippen molar-refractivity contribution in [3.8, 4) is 17.6 Å². The number of aliphatic hydroxyl groups excluding tert-OH is 1. The normalized spacial score (nSPS) is 22.7. The summed E-state index contributed by atoms with van der Waals surface area (Å²) >= 11 is 0. The molecular formula is C47H50O9. The van der Waals surface area contributed by atoms with E-state index in [9.17, 15) is 19.5 Å². The van der Waals surface area contributed by atoms with E-state index in [1.54, 1.807) is 25.3 Å². The summed E-state index contributed by atoms with van der Waals surface area (Å²) in [7, 11) is 1.54. The van der Waals surface area contributed by atoms with Crippen molar-refractivity contribution in [3.63, 3.8) is 0 Å². The van der Waals surface area contributed by atoms with Crippen LogP contribution in [0.25, 0.3) is 11.0 Å². The van der Waals surface area contributed by atoms with E-state index in [0.717, 1.165) is 35.1 Å². The van der Waals surface area contributed by atoms with E-state index < -0.39 is 41.3 Å². The molecule has 1 aromatic heterocycles. The molecule has 4 aromatic rings. The molecule has 3 aromatic carbocycles. The average molecular weight is 759 g/mol. The number of allylic oxidation sites excluding steroid dienone is 1. The number of rotatable bonds is 8. The van der Waals surface area contributed by atoms with Crippen LogP contribution in [0.4, 0.5) is 0 Å². The maximum atomic E-state index is 14.5. The summed E-state index contributed by atoms with van der Waals surface area (Å²) in [6.45, 7) is 5.69. The highest BCUT2D eigenvalue weighted by Crippen LogP contribution is 2.48. The molecule has 0 saturated carbocycles. The summed E-state index contributed by atoms with van der Waals surface area (Å²) < 4.78 is 31.3. The SMILES string of the molecule is COCC(CCO)c1cc2ccc3c(c2oc1=O)C1OC(=O)CC(CCc2ccccc2)Cc2ccc4cc2CC#CCC(C)(O3)C1OC(=O)C(=C(C)C)CC4. The van der Waals surface area contributed by atoms with E-state index in [2.05, 4.69) is 42.2 Å². The van der Waals surface area contributed by atoms with Gasteiger partial charge in [0.05, 0.1) is 18.6 Å². The third-order valence-corrected chi connectivity index (χ3v) is 11.5. The molecule has 292 valence electrons. The van der Waals surface area contributed by atoms with Gasteiger partial charge in [-0.3, -0.25) is 4.79 Å². The molecule has 9 nitrogen and oxygen atoms in total. The number of aryl methyl sites for hydroxylation is 2. The molecule has 0 saturated heterocycles. The predicted octanol–water partition coefficient (Wildman–Crippen LogP) is 7.67. The van der Waals surface area contributed by atoms with Gasteiger partial charge < -0.3 is 28.5 Å². The van der Waals surface area contributed by atoms with Crippen molar-refractivity contribution in [2.24, 2.45) is 5.92 Å². The number of benzene rings is 3. The van der Waals surface area contributed by atoms with Crippen molar-refractivity contribution < 1.29 is 38.1 Å². The van der Waals surface area contributed by atoms with Crippen molar-refractivity contribution in [3.05, 3.63) is 122 Å². The smallest absolute Gasteiger partial charge is 0.339 e. The molecule has 9 heteroatoms. The molecule has 5 atom stereocenters. The minimum atomic E-state index is -1.25. The Kier molecular flexibility index (Phi) is 11.8. The van der Waals surface area contributed by atoms with E-state index in [1.807, 2.05) is 39.0 Å². The first-order chi connectivity index (χ1) is 27.1. The summed E-state index contributed by atoms with van der Waals surface area (Å²) in [6.07, 6.45) is 2.04. The van der Waals surface area contributed by atoms with Crippen LogP contribution in [0.1, 0.15) is 98.3 Å². The Morgan fingerprint density at radius 1 is 0.964 bits per heavy atom. The fraction of sp³-hybridized carbons (Fsp3) is 0.426. The van der Waals surface area contributed by atoms with Crippen molar-refractivity contribution >= 4 is 22.9 Å². The van der Waals surface area contributed by atoms with Crippen LogP contribution in [0.15, 0.2) is 87.1 Å². The van der Waals surface area contributed by atoms with Gasteiger partial charge in [-0.1, -0.05) is 65.9 Å². The monoisotopic (exact) mass is 758 g/mol. The Balaban J connectivity index is 1.40. The molecule has 3 aliphatic heterocycles. The number of aliphatic hydroxyl groups is 1. The second-order valence-electron chi connectivity index (χ2n) is 15.8. The maximum Gasteiger partial charge on any atom is 0.339 e. The first kappa shape index (κ1) is 39.1. The van der Waals surface area contributed by atoms with Gasteiger partial charge in [0.1, 0.15) is 11.3 Å². The van der Waals surface area contributed by atoms with Gasteiger partial charge in [0.15, 0.2) is 17.8 Å². The van der Waals surface area contributed by atoms with Gasteiger partial charge >= 0.3 is 17.6 Å². The minimum absolute atomic E-state index is 0.0719. The van der Waals surface area contributed by atoms with E-state index in [-0.39, 0.29) is 37.6 Å². The zero-order valence-corrected chi connectivity index (χ0v) is 32.7. The van der Waals surface area contributed by atoms with Crippen LogP contribution in [0, 0.1) is 17.8 Å². The largest absolute Gasteiger partial charge is 0.482 e. The van der Waals surface area contributed by atoms with Gasteiger partial charge in [-0.15, -0.1) is 0 Å². The van der Waals surface area contributed by atoms with E-state index >= 15 is 0 Å². The Morgan fingerprint density at radius 2 is 1.79 bits per heavy atom. The van der Waals surface area contributed by atoms with Gasteiger partial charge in [0, 0.05) is 49.0 Å². The number of esters is 2. The van der Waals surface area contributed by atoms with Gasteiger partial charge in [-0.05, 0) is 106 Å². The molecule has 0 amide bonds. The van der Waals surface area contributed by atoms with Gasteiger partial charge in [-0.2, -0.15) is 0 Å².